The first-order valence-corrected chi connectivity index (χ1v) is 6.04. The summed E-state index contributed by atoms with van der Waals surface area (Å²) in [4.78, 5) is 2.33. The van der Waals surface area contributed by atoms with Crippen molar-refractivity contribution in [3.05, 3.63) is 23.8 Å². The van der Waals surface area contributed by atoms with Gasteiger partial charge in [0.2, 0.25) is 0 Å². The van der Waals surface area contributed by atoms with Crippen molar-refractivity contribution >= 4 is 5.69 Å². The van der Waals surface area contributed by atoms with Crippen molar-refractivity contribution in [1.29, 1.82) is 0 Å². The predicted octanol–water partition coefficient (Wildman–Crippen LogP) is 2.90. The van der Waals surface area contributed by atoms with Gasteiger partial charge in [0.25, 0.3) is 0 Å². The Morgan fingerprint density at radius 1 is 1.35 bits per heavy atom. The van der Waals surface area contributed by atoms with E-state index in [0.29, 0.717) is 0 Å². The Labute approximate surface area is 105 Å². The fraction of sp³-hybridized carbons (Fsp3) is 0.571. The van der Waals surface area contributed by atoms with E-state index in [1.165, 1.54) is 5.56 Å². The maximum absolute atomic E-state index is 5.75. The van der Waals surface area contributed by atoms with Crippen molar-refractivity contribution in [2.24, 2.45) is 0 Å². The third-order valence-corrected chi connectivity index (χ3v) is 3.62. The van der Waals surface area contributed by atoms with Crippen molar-refractivity contribution in [1.82, 2.24) is 4.90 Å². The van der Waals surface area contributed by atoms with Gasteiger partial charge in [-0.3, -0.25) is 4.90 Å². The third-order valence-electron chi connectivity index (χ3n) is 3.62. The highest BCUT2D eigenvalue weighted by Gasteiger charge is 2.21. The lowest BCUT2D eigenvalue weighted by molar-refractivity contribution is 0.141. The summed E-state index contributed by atoms with van der Waals surface area (Å²) >= 11 is 0. The second-order valence-electron chi connectivity index (χ2n) is 5.09. The molecule has 0 heterocycles. The Kier molecular flexibility index (Phi) is 4.40. The molecule has 0 aromatic heterocycles. The van der Waals surface area contributed by atoms with E-state index in [4.69, 9.17) is 10.5 Å². The molecule has 3 heteroatoms. The molecule has 0 aliphatic heterocycles. The highest BCUT2D eigenvalue weighted by atomic mass is 16.5. The number of nitrogen functional groups attached to an aromatic ring is 1. The molecule has 1 rings (SSSR count). The number of nitrogens with two attached hydrogens (primary N) is 1. The maximum atomic E-state index is 5.75. The molecule has 0 amide bonds. The Hall–Kier alpha value is -1.22. The zero-order valence-corrected chi connectivity index (χ0v) is 11.6. The van der Waals surface area contributed by atoms with Crippen LogP contribution in [0.1, 0.15) is 32.8 Å². The summed E-state index contributed by atoms with van der Waals surface area (Å²) in [6.45, 7) is 7.56. The summed E-state index contributed by atoms with van der Waals surface area (Å²) in [6, 6.07) is 5.84. The van der Waals surface area contributed by atoms with Crippen molar-refractivity contribution < 1.29 is 4.74 Å². The molecular weight excluding hydrogens is 212 g/mol. The Morgan fingerprint density at radius 2 is 2.00 bits per heavy atom. The van der Waals surface area contributed by atoms with Gasteiger partial charge in [0.15, 0.2) is 0 Å². The minimum Gasteiger partial charge on any atom is -0.496 e. The largest absolute Gasteiger partial charge is 0.496 e. The molecule has 1 aromatic rings. The fourth-order valence-corrected chi connectivity index (χ4v) is 1.63. The van der Waals surface area contributed by atoms with Gasteiger partial charge in [-0.2, -0.15) is 0 Å². The topological polar surface area (TPSA) is 38.5 Å². The smallest absolute Gasteiger partial charge is 0.125 e. The Morgan fingerprint density at radius 3 is 2.53 bits per heavy atom. The van der Waals surface area contributed by atoms with Crippen molar-refractivity contribution in [2.45, 2.75) is 39.3 Å². The molecule has 1 aromatic carbocycles. The van der Waals surface area contributed by atoms with E-state index < -0.39 is 0 Å². The van der Waals surface area contributed by atoms with E-state index in [2.05, 4.69) is 32.7 Å². The van der Waals surface area contributed by atoms with Crippen LogP contribution in [0.25, 0.3) is 0 Å². The average molecular weight is 236 g/mol. The molecule has 96 valence electrons. The molecule has 0 aliphatic carbocycles. The third kappa shape index (κ3) is 3.37. The lowest BCUT2D eigenvalue weighted by atomic mass is 9.99. The summed E-state index contributed by atoms with van der Waals surface area (Å²) in [5.74, 6) is 0.865. The van der Waals surface area contributed by atoms with Gasteiger partial charge >= 0.3 is 0 Å². The van der Waals surface area contributed by atoms with Crippen LogP contribution in [0.5, 0.6) is 5.75 Å². The van der Waals surface area contributed by atoms with Gasteiger partial charge in [-0.15, -0.1) is 0 Å². The molecule has 0 bridgehead atoms. The van der Waals surface area contributed by atoms with Crippen LogP contribution in [0.3, 0.4) is 0 Å². The first kappa shape index (κ1) is 13.8. The van der Waals surface area contributed by atoms with Gasteiger partial charge in [0.05, 0.1) is 7.11 Å². The van der Waals surface area contributed by atoms with Gasteiger partial charge in [0.1, 0.15) is 5.75 Å². The average Bonchev–Trinajstić information content (AvgIpc) is 2.31. The van der Waals surface area contributed by atoms with E-state index >= 15 is 0 Å². The van der Waals surface area contributed by atoms with Crippen LogP contribution in [0.4, 0.5) is 5.69 Å². The quantitative estimate of drug-likeness (QED) is 0.799. The molecule has 0 saturated carbocycles. The second-order valence-corrected chi connectivity index (χ2v) is 5.09. The summed E-state index contributed by atoms with van der Waals surface area (Å²) in [6.07, 6.45) is 1.11. The first-order chi connectivity index (χ1) is 7.90. The zero-order valence-electron chi connectivity index (χ0n) is 11.6. The van der Waals surface area contributed by atoms with Gasteiger partial charge < -0.3 is 10.5 Å². The molecule has 0 saturated heterocycles. The van der Waals surface area contributed by atoms with E-state index in [0.717, 1.165) is 24.4 Å². The Balaban J connectivity index is 2.88. The first-order valence-electron chi connectivity index (χ1n) is 6.04. The second kappa shape index (κ2) is 5.41. The maximum Gasteiger partial charge on any atom is 0.125 e. The number of rotatable bonds is 5. The number of ether oxygens (including phenoxy) is 1. The lowest BCUT2D eigenvalue weighted by Gasteiger charge is -2.35. The van der Waals surface area contributed by atoms with Gasteiger partial charge in [-0.1, -0.05) is 13.0 Å². The molecule has 17 heavy (non-hydrogen) atoms. The molecule has 2 N–H and O–H groups in total. The molecule has 3 nitrogen and oxygen atoms in total. The van der Waals surface area contributed by atoms with Gasteiger partial charge in [-0.05, 0) is 33.4 Å². The monoisotopic (exact) mass is 236 g/mol. The van der Waals surface area contributed by atoms with Crippen molar-refractivity contribution in [3.8, 4) is 5.75 Å². The Bertz CT molecular complexity index is 374. The lowest BCUT2D eigenvalue weighted by Crippen LogP contribution is -2.39. The number of hydrogen-bond donors (Lipinski definition) is 1. The normalized spacial score (nSPS) is 11.9. The summed E-state index contributed by atoms with van der Waals surface area (Å²) < 4.78 is 5.37. The van der Waals surface area contributed by atoms with Gasteiger partial charge in [0, 0.05) is 29.4 Å². The summed E-state index contributed by atoms with van der Waals surface area (Å²) in [5.41, 5.74) is 7.85. The molecule has 0 fully saturated rings. The zero-order chi connectivity index (χ0) is 13.1. The van der Waals surface area contributed by atoms with Crippen LogP contribution in [0, 0.1) is 0 Å². The van der Waals surface area contributed by atoms with Gasteiger partial charge in [-0.25, -0.2) is 0 Å². The molecular formula is C14H24N2O. The fourth-order valence-electron chi connectivity index (χ4n) is 1.63. The van der Waals surface area contributed by atoms with E-state index in [1.54, 1.807) is 7.11 Å². The van der Waals surface area contributed by atoms with Crippen LogP contribution in [0.2, 0.25) is 0 Å². The standard InChI is InChI=1S/C14H24N2O/c1-6-14(2,3)16(4)10-11-7-8-12(15)9-13(11)17-5/h7-9H,6,10,15H2,1-5H3. The van der Waals surface area contributed by atoms with Crippen LogP contribution < -0.4 is 10.5 Å². The van der Waals surface area contributed by atoms with Crippen LogP contribution >= 0.6 is 0 Å². The number of benzene rings is 1. The molecule has 0 spiro atoms. The molecule has 0 atom stereocenters. The summed E-state index contributed by atoms with van der Waals surface area (Å²) in [7, 11) is 3.82. The number of methoxy groups -OCH3 is 1. The van der Waals surface area contributed by atoms with Crippen LogP contribution in [0.15, 0.2) is 18.2 Å². The molecule has 0 aliphatic rings. The van der Waals surface area contributed by atoms with E-state index in [9.17, 15) is 0 Å². The highest BCUT2D eigenvalue weighted by molar-refractivity contribution is 5.48. The SMILES string of the molecule is CCC(C)(C)N(C)Cc1ccc(N)cc1OC. The number of hydrogen-bond acceptors (Lipinski definition) is 3. The van der Waals surface area contributed by atoms with Crippen molar-refractivity contribution in [3.63, 3.8) is 0 Å². The predicted molar refractivity (Wildman–Crippen MR) is 73.2 cm³/mol. The van der Waals surface area contributed by atoms with E-state index in [-0.39, 0.29) is 5.54 Å². The molecule has 0 radical (unpaired) electrons. The molecule has 0 unspecified atom stereocenters. The number of nitrogens with zero attached hydrogens (tertiary/aromatic N) is 1. The van der Waals surface area contributed by atoms with E-state index in [1.807, 2.05) is 18.2 Å². The summed E-state index contributed by atoms with van der Waals surface area (Å²) in [5, 5.41) is 0. The minimum absolute atomic E-state index is 0.187. The highest BCUT2D eigenvalue weighted by Crippen LogP contribution is 2.26. The van der Waals surface area contributed by atoms with Crippen LogP contribution in [-0.2, 0) is 6.54 Å². The number of anilines is 1. The van der Waals surface area contributed by atoms with Crippen molar-refractivity contribution in [2.75, 3.05) is 19.9 Å². The minimum atomic E-state index is 0.187. The van der Waals surface area contributed by atoms with Crippen LogP contribution in [-0.4, -0.2) is 24.6 Å².